The van der Waals surface area contributed by atoms with Crippen LogP contribution >= 0.6 is 0 Å². The van der Waals surface area contributed by atoms with E-state index in [-0.39, 0.29) is 17.2 Å². The van der Waals surface area contributed by atoms with Gasteiger partial charge in [-0.25, -0.2) is 13.1 Å². The molecule has 2 unspecified atom stereocenters. The SMILES string of the molecule is CCNCc1cn[nH]c1S(=O)(=O)NC1CCOC1C1CC1. The maximum absolute atomic E-state index is 12.6. The van der Waals surface area contributed by atoms with Gasteiger partial charge in [-0.3, -0.25) is 5.10 Å². The number of hydrogen-bond acceptors (Lipinski definition) is 5. The summed E-state index contributed by atoms with van der Waals surface area (Å²) in [6.07, 6.45) is 4.59. The molecule has 1 saturated heterocycles. The first kappa shape index (κ1) is 15.0. The Kier molecular flexibility index (Phi) is 4.30. The van der Waals surface area contributed by atoms with Crippen LogP contribution in [-0.2, 0) is 21.3 Å². The molecule has 1 aliphatic heterocycles. The Bertz CT molecular complexity index is 582. The molecule has 0 radical (unpaired) electrons. The van der Waals surface area contributed by atoms with Gasteiger partial charge in [0.2, 0.25) is 0 Å². The summed E-state index contributed by atoms with van der Waals surface area (Å²) < 4.78 is 33.6. The Morgan fingerprint density at radius 1 is 1.43 bits per heavy atom. The van der Waals surface area contributed by atoms with Crippen molar-refractivity contribution in [3.8, 4) is 0 Å². The van der Waals surface area contributed by atoms with Crippen molar-refractivity contribution in [2.45, 2.75) is 49.9 Å². The number of H-pyrrole nitrogens is 1. The molecule has 7 nitrogen and oxygen atoms in total. The number of nitrogens with one attached hydrogen (secondary N) is 3. The fourth-order valence-corrected chi connectivity index (χ4v) is 4.21. The highest BCUT2D eigenvalue weighted by Gasteiger charge is 2.42. The number of aromatic nitrogens is 2. The van der Waals surface area contributed by atoms with Gasteiger partial charge < -0.3 is 10.1 Å². The van der Waals surface area contributed by atoms with E-state index in [4.69, 9.17) is 4.74 Å². The molecule has 0 aromatic carbocycles. The van der Waals surface area contributed by atoms with Crippen LogP contribution in [0.15, 0.2) is 11.2 Å². The van der Waals surface area contributed by atoms with Gasteiger partial charge in [-0.05, 0) is 31.7 Å². The fraction of sp³-hybridized carbons (Fsp3) is 0.769. The third-order valence-corrected chi connectivity index (χ3v) is 5.55. The Hall–Kier alpha value is -0.960. The molecule has 21 heavy (non-hydrogen) atoms. The van der Waals surface area contributed by atoms with Crippen LogP contribution in [0, 0.1) is 5.92 Å². The largest absolute Gasteiger partial charge is 0.376 e. The zero-order chi connectivity index (χ0) is 14.9. The summed E-state index contributed by atoms with van der Waals surface area (Å²) in [4.78, 5) is 0. The second-order valence-corrected chi connectivity index (χ2v) is 7.34. The van der Waals surface area contributed by atoms with Crippen molar-refractivity contribution in [2.24, 2.45) is 5.92 Å². The molecule has 1 aromatic rings. The number of nitrogens with zero attached hydrogens (tertiary/aromatic N) is 1. The summed E-state index contributed by atoms with van der Waals surface area (Å²) in [6.45, 7) is 3.86. The smallest absolute Gasteiger partial charge is 0.258 e. The van der Waals surface area contributed by atoms with Crippen molar-refractivity contribution >= 4 is 10.0 Å². The van der Waals surface area contributed by atoms with E-state index in [1.54, 1.807) is 6.20 Å². The number of sulfonamides is 1. The van der Waals surface area contributed by atoms with Crippen LogP contribution in [0.5, 0.6) is 0 Å². The standard InChI is InChI=1S/C13H22N4O3S/c1-2-14-7-10-8-15-16-13(10)21(18,19)17-11-5-6-20-12(11)9-3-4-9/h8-9,11-12,14,17H,2-7H2,1H3,(H,15,16). The maximum Gasteiger partial charge on any atom is 0.258 e. The van der Waals surface area contributed by atoms with Crippen molar-refractivity contribution in [2.75, 3.05) is 13.2 Å². The van der Waals surface area contributed by atoms with Gasteiger partial charge in [-0.15, -0.1) is 0 Å². The lowest BCUT2D eigenvalue weighted by atomic mass is 10.1. The highest BCUT2D eigenvalue weighted by atomic mass is 32.2. The molecule has 3 N–H and O–H groups in total. The quantitative estimate of drug-likeness (QED) is 0.675. The molecule has 0 spiro atoms. The predicted molar refractivity (Wildman–Crippen MR) is 77.2 cm³/mol. The molecular formula is C13H22N4O3S. The van der Waals surface area contributed by atoms with Crippen molar-refractivity contribution in [3.05, 3.63) is 11.8 Å². The van der Waals surface area contributed by atoms with Crippen molar-refractivity contribution in [1.82, 2.24) is 20.2 Å². The highest BCUT2D eigenvalue weighted by molar-refractivity contribution is 7.89. The molecule has 1 aromatic heterocycles. The Morgan fingerprint density at radius 3 is 2.95 bits per heavy atom. The molecule has 2 atom stereocenters. The van der Waals surface area contributed by atoms with Crippen LogP contribution in [0.25, 0.3) is 0 Å². The van der Waals surface area contributed by atoms with Crippen molar-refractivity contribution in [3.63, 3.8) is 0 Å². The van der Waals surface area contributed by atoms with Gasteiger partial charge in [0.25, 0.3) is 10.0 Å². The van der Waals surface area contributed by atoms with E-state index in [0.717, 1.165) is 25.8 Å². The molecular weight excluding hydrogens is 292 g/mol. The minimum absolute atomic E-state index is 0.0277. The van der Waals surface area contributed by atoms with Gasteiger partial charge in [0.1, 0.15) is 0 Å². The van der Waals surface area contributed by atoms with E-state index >= 15 is 0 Å². The van der Waals surface area contributed by atoms with Crippen LogP contribution in [0.1, 0.15) is 31.7 Å². The first-order valence-corrected chi connectivity index (χ1v) is 8.97. The number of hydrogen-bond donors (Lipinski definition) is 3. The first-order chi connectivity index (χ1) is 10.1. The lowest BCUT2D eigenvalue weighted by Crippen LogP contribution is -2.41. The molecule has 2 fully saturated rings. The molecule has 8 heteroatoms. The molecule has 2 aliphatic rings. The summed E-state index contributed by atoms with van der Waals surface area (Å²) in [6, 6.07) is -0.127. The minimum Gasteiger partial charge on any atom is -0.376 e. The maximum atomic E-state index is 12.6. The number of rotatable bonds is 7. The van der Waals surface area contributed by atoms with E-state index in [1.807, 2.05) is 6.92 Å². The van der Waals surface area contributed by atoms with Gasteiger partial charge in [0.05, 0.1) is 18.3 Å². The zero-order valence-electron chi connectivity index (χ0n) is 12.1. The lowest BCUT2D eigenvalue weighted by Gasteiger charge is -2.19. The van der Waals surface area contributed by atoms with Gasteiger partial charge in [-0.1, -0.05) is 6.92 Å². The topological polar surface area (TPSA) is 96.1 Å². The lowest BCUT2D eigenvalue weighted by molar-refractivity contribution is 0.0848. The van der Waals surface area contributed by atoms with Crippen LogP contribution in [-0.4, -0.2) is 43.9 Å². The predicted octanol–water partition coefficient (Wildman–Crippen LogP) is 0.365. The molecule has 0 bridgehead atoms. The molecule has 1 aliphatic carbocycles. The monoisotopic (exact) mass is 314 g/mol. The summed E-state index contributed by atoms with van der Waals surface area (Å²) >= 11 is 0. The molecule has 2 heterocycles. The Morgan fingerprint density at radius 2 is 2.24 bits per heavy atom. The second kappa shape index (κ2) is 6.04. The average molecular weight is 314 g/mol. The van der Waals surface area contributed by atoms with Crippen molar-refractivity contribution < 1.29 is 13.2 Å². The first-order valence-electron chi connectivity index (χ1n) is 7.48. The van der Waals surface area contributed by atoms with Crippen LogP contribution < -0.4 is 10.0 Å². The van der Waals surface area contributed by atoms with E-state index in [2.05, 4.69) is 20.2 Å². The van der Waals surface area contributed by atoms with E-state index in [0.29, 0.717) is 24.6 Å². The highest BCUT2D eigenvalue weighted by Crippen LogP contribution is 2.39. The second-order valence-electron chi connectivity index (χ2n) is 5.69. The van der Waals surface area contributed by atoms with E-state index in [9.17, 15) is 8.42 Å². The van der Waals surface area contributed by atoms with Gasteiger partial charge in [0, 0.05) is 18.7 Å². The molecule has 0 amide bonds. The van der Waals surface area contributed by atoms with Crippen molar-refractivity contribution in [1.29, 1.82) is 0 Å². The summed E-state index contributed by atoms with van der Waals surface area (Å²) in [5.41, 5.74) is 0.659. The van der Waals surface area contributed by atoms with Gasteiger partial charge >= 0.3 is 0 Å². The Balaban J connectivity index is 1.72. The van der Waals surface area contributed by atoms with Crippen LogP contribution in [0.3, 0.4) is 0 Å². The fourth-order valence-electron chi connectivity index (χ4n) is 2.80. The minimum atomic E-state index is -3.59. The number of ether oxygens (including phenoxy) is 1. The summed E-state index contributed by atoms with van der Waals surface area (Å²) in [5.74, 6) is 0.517. The normalized spacial score (nSPS) is 26.3. The molecule has 1 saturated carbocycles. The van der Waals surface area contributed by atoms with Crippen LogP contribution in [0.4, 0.5) is 0 Å². The Labute approximate surface area is 124 Å². The molecule has 3 rings (SSSR count). The number of aromatic amines is 1. The summed E-state index contributed by atoms with van der Waals surface area (Å²) in [5, 5.41) is 9.75. The zero-order valence-corrected chi connectivity index (χ0v) is 12.9. The third kappa shape index (κ3) is 3.28. The van der Waals surface area contributed by atoms with Gasteiger partial charge in [0.15, 0.2) is 5.03 Å². The average Bonchev–Trinajstić information content (AvgIpc) is 2.99. The van der Waals surface area contributed by atoms with Gasteiger partial charge in [-0.2, -0.15) is 5.10 Å². The van der Waals surface area contributed by atoms with Crippen LogP contribution in [0.2, 0.25) is 0 Å². The van der Waals surface area contributed by atoms with E-state index in [1.165, 1.54) is 0 Å². The summed E-state index contributed by atoms with van der Waals surface area (Å²) in [7, 11) is -3.59. The molecule has 118 valence electrons. The third-order valence-electron chi connectivity index (χ3n) is 4.04. The van der Waals surface area contributed by atoms with E-state index < -0.39 is 10.0 Å².